The van der Waals surface area contributed by atoms with Gasteiger partial charge in [-0.3, -0.25) is 4.79 Å². The maximum absolute atomic E-state index is 12.5. The van der Waals surface area contributed by atoms with Crippen molar-refractivity contribution in [1.29, 1.82) is 0 Å². The molecule has 0 aromatic carbocycles. The summed E-state index contributed by atoms with van der Waals surface area (Å²) in [5.74, 6) is -15.0. The van der Waals surface area contributed by atoms with Crippen LogP contribution < -0.4 is 11.1 Å². The Balaban J connectivity index is 4.97. The van der Waals surface area contributed by atoms with E-state index in [0.717, 1.165) is 5.32 Å². The standard InChI is InChI=1S/C6H7F7N2O/c7-4(8,3(16)15-2-1-14)5(9,10)6(11,12)13/h1-2,14H2,(H,15,16). The maximum Gasteiger partial charge on any atom is 0.460 e. The van der Waals surface area contributed by atoms with Gasteiger partial charge in [0, 0.05) is 13.1 Å². The highest BCUT2D eigenvalue weighted by molar-refractivity contribution is 5.84. The molecule has 96 valence electrons. The molecule has 0 bridgehead atoms. The first-order valence-electron chi connectivity index (χ1n) is 3.79. The van der Waals surface area contributed by atoms with Gasteiger partial charge in [-0.2, -0.15) is 30.7 Å². The van der Waals surface area contributed by atoms with Crippen molar-refractivity contribution in [1.82, 2.24) is 5.32 Å². The SMILES string of the molecule is NCCNC(=O)C(F)(F)C(F)(F)C(F)(F)F. The van der Waals surface area contributed by atoms with Crippen LogP contribution in [0.1, 0.15) is 0 Å². The Bertz CT molecular complexity index is 262. The number of hydrogen-bond acceptors (Lipinski definition) is 2. The van der Waals surface area contributed by atoms with Crippen LogP contribution in [0.4, 0.5) is 30.7 Å². The normalized spacial score (nSPS) is 13.8. The third kappa shape index (κ3) is 2.54. The zero-order chi connectivity index (χ0) is 13.2. The van der Waals surface area contributed by atoms with Crippen LogP contribution in [0.3, 0.4) is 0 Å². The third-order valence-corrected chi connectivity index (χ3v) is 1.47. The van der Waals surface area contributed by atoms with E-state index in [1.165, 1.54) is 0 Å². The van der Waals surface area contributed by atoms with Crippen LogP contribution in [-0.4, -0.2) is 37.0 Å². The van der Waals surface area contributed by atoms with E-state index in [0.29, 0.717) is 0 Å². The zero-order valence-corrected chi connectivity index (χ0v) is 7.55. The van der Waals surface area contributed by atoms with Gasteiger partial charge in [0.15, 0.2) is 0 Å². The molecule has 0 fully saturated rings. The summed E-state index contributed by atoms with van der Waals surface area (Å²) < 4.78 is 84.2. The second-order valence-corrected chi connectivity index (χ2v) is 2.69. The van der Waals surface area contributed by atoms with Gasteiger partial charge in [0.05, 0.1) is 0 Å². The van der Waals surface area contributed by atoms with E-state index in [-0.39, 0.29) is 6.54 Å². The first-order valence-corrected chi connectivity index (χ1v) is 3.79. The van der Waals surface area contributed by atoms with Gasteiger partial charge in [-0.25, -0.2) is 0 Å². The Morgan fingerprint density at radius 1 is 1.06 bits per heavy atom. The van der Waals surface area contributed by atoms with Crippen LogP contribution >= 0.6 is 0 Å². The van der Waals surface area contributed by atoms with Crippen LogP contribution in [0, 0.1) is 0 Å². The summed E-state index contributed by atoms with van der Waals surface area (Å²) >= 11 is 0. The Hall–Kier alpha value is -1.06. The number of alkyl halides is 7. The smallest absolute Gasteiger partial charge is 0.349 e. The summed E-state index contributed by atoms with van der Waals surface area (Å²) in [6.07, 6.45) is -6.52. The van der Waals surface area contributed by atoms with Crippen LogP contribution in [0.25, 0.3) is 0 Å². The summed E-state index contributed by atoms with van der Waals surface area (Å²) in [6.45, 7) is -1.01. The number of nitrogens with two attached hydrogens (primary N) is 1. The van der Waals surface area contributed by atoms with Crippen LogP contribution in [0.15, 0.2) is 0 Å². The largest absolute Gasteiger partial charge is 0.460 e. The van der Waals surface area contributed by atoms with Crippen molar-refractivity contribution in [3.63, 3.8) is 0 Å². The van der Waals surface area contributed by atoms with Gasteiger partial charge < -0.3 is 11.1 Å². The van der Waals surface area contributed by atoms with E-state index < -0.39 is 30.5 Å². The van der Waals surface area contributed by atoms with Gasteiger partial charge in [0.2, 0.25) is 0 Å². The molecule has 0 saturated carbocycles. The predicted octanol–water partition coefficient (Wildman–Crippen LogP) is 0.894. The molecule has 10 heteroatoms. The van der Waals surface area contributed by atoms with Crippen molar-refractivity contribution in [2.24, 2.45) is 5.73 Å². The number of carbonyl (C=O) groups excluding carboxylic acids is 1. The lowest BCUT2D eigenvalue weighted by Crippen LogP contribution is -2.59. The second-order valence-electron chi connectivity index (χ2n) is 2.69. The molecule has 0 aliphatic heterocycles. The fourth-order valence-corrected chi connectivity index (χ4v) is 0.617. The number of hydrogen-bond donors (Lipinski definition) is 2. The summed E-state index contributed by atoms with van der Waals surface area (Å²) in [7, 11) is 0. The van der Waals surface area contributed by atoms with E-state index in [1.807, 2.05) is 0 Å². The fraction of sp³-hybridized carbons (Fsp3) is 0.833. The summed E-state index contributed by atoms with van der Waals surface area (Å²) in [4.78, 5) is 10.4. The Labute approximate surface area is 84.8 Å². The molecule has 0 atom stereocenters. The average molecular weight is 256 g/mol. The molecule has 0 aromatic heterocycles. The van der Waals surface area contributed by atoms with Crippen molar-refractivity contribution < 1.29 is 35.5 Å². The van der Waals surface area contributed by atoms with Gasteiger partial charge >= 0.3 is 18.0 Å². The molecule has 0 aromatic rings. The Morgan fingerprint density at radius 2 is 1.50 bits per heavy atom. The predicted molar refractivity (Wildman–Crippen MR) is 38.0 cm³/mol. The fourth-order valence-electron chi connectivity index (χ4n) is 0.617. The number of carbonyl (C=O) groups is 1. The van der Waals surface area contributed by atoms with Crippen molar-refractivity contribution in [2.75, 3.05) is 13.1 Å². The average Bonchev–Trinajstić information content (AvgIpc) is 2.11. The van der Waals surface area contributed by atoms with E-state index >= 15 is 0 Å². The van der Waals surface area contributed by atoms with Gasteiger partial charge in [-0.05, 0) is 0 Å². The van der Waals surface area contributed by atoms with Crippen LogP contribution in [0.2, 0.25) is 0 Å². The first kappa shape index (κ1) is 14.9. The van der Waals surface area contributed by atoms with Crippen LogP contribution in [0.5, 0.6) is 0 Å². The zero-order valence-electron chi connectivity index (χ0n) is 7.55. The second kappa shape index (κ2) is 4.44. The van der Waals surface area contributed by atoms with Crippen molar-refractivity contribution in [2.45, 2.75) is 18.0 Å². The van der Waals surface area contributed by atoms with Crippen molar-refractivity contribution in [3.05, 3.63) is 0 Å². The number of nitrogens with one attached hydrogen (secondary N) is 1. The minimum absolute atomic E-state index is 0.376. The van der Waals surface area contributed by atoms with Crippen molar-refractivity contribution >= 4 is 5.91 Å². The molecule has 0 saturated heterocycles. The van der Waals surface area contributed by atoms with E-state index in [9.17, 15) is 35.5 Å². The molecular formula is C6H7F7N2O. The topological polar surface area (TPSA) is 55.1 Å². The summed E-state index contributed by atoms with van der Waals surface area (Å²) in [5, 5.41) is 1.16. The van der Waals surface area contributed by atoms with Gasteiger partial charge in [-0.15, -0.1) is 0 Å². The highest BCUT2D eigenvalue weighted by Gasteiger charge is 2.76. The van der Waals surface area contributed by atoms with Crippen molar-refractivity contribution in [3.8, 4) is 0 Å². The molecule has 0 rings (SSSR count). The third-order valence-electron chi connectivity index (χ3n) is 1.47. The summed E-state index contributed by atoms with van der Waals surface area (Å²) in [5.41, 5.74) is 4.75. The molecule has 3 N–H and O–H groups in total. The lowest BCUT2D eigenvalue weighted by Gasteiger charge is -2.26. The van der Waals surface area contributed by atoms with Gasteiger partial charge in [0.25, 0.3) is 5.91 Å². The van der Waals surface area contributed by atoms with Crippen LogP contribution in [-0.2, 0) is 4.79 Å². The summed E-state index contributed by atoms with van der Waals surface area (Å²) in [6, 6.07) is 0. The molecule has 1 amide bonds. The van der Waals surface area contributed by atoms with Gasteiger partial charge in [0.1, 0.15) is 0 Å². The molecule has 0 spiro atoms. The minimum Gasteiger partial charge on any atom is -0.349 e. The monoisotopic (exact) mass is 256 g/mol. The van der Waals surface area contributed by atoms with E-state index in [1.54, 1.807) is 0 Å². The molecule has 0 heterocycles. The lowest BCUT2D eigenvalue weighted by atomic mass is 10.1. The first-order chi connectivity index (χ1) is 6.98. The van der Waals surface area contributed by atoms with Gasteiger partial charge in [-0.1, -0.05) is 0 Å². The number of amides is 1. The lowest BCUT2D eigenvalue weighted by molar-refractivity contribution is -0.344. The molecule has 0 unspecified atom stereocenters. The Morgan fingerprint density at radius 3 is 1.81 bits per heavy atom. The molecule has 16 heavy (non-hydrogen) atoms. The molecule has 0 aliphatic rings. The highest BCUT2D eigenvalue weighted by Crippen LogP contribution is 2.46. The maximum atomic E-state index is 12.5. The van der Waals surface area contributed by atoms with E-state index in [2.05, 4.69) is 0 Å². The highest BCUT2D eigenvalue weighted by atomic mass is 19.4. The molecular weight excluding hydrogens is 249 g/mol. The molecule has 3 nitrogen and oxygen atoms in total. The quantitative estimate of drug-likeness (QED) is 0.734. The minimum atomic E-state index is -6.52. The molecule has 0 radical (unpaired) electrons. The molecule has 0 aliphatic carbocycles. The van der Waals surface area contributed by atoms with E-state index in [4.69, 9.17) is 5.73 Å². The Kier molecular flexibility index (Phi) is 4.14. The number of halogens is 7. The number of rotatable bonds is 4.